The van der Waals surface area contributed by atoms with Gasteiger partial charge in [0.1, 0.15) is 18.3 Å². The summed E-state index contributed by atoms with van der Waals surface area (Å²) in [5, 5.41) is 22.7. The van der Waals surface area contributed by atoms with E-state index < -0.39 is 35.1 Å². The normalized spacial score (nSPS) is 24.8. The molecular formula is C25H31N9O6. The molecule has 5 unspecified atom stereocenters. The fourth-order valence-electron chi connectivity index (χ4n) is 6.60. The second-order valence-corrected chi connectivity index (χ2v) is 10.7. The summed E-state index contributed by atoms with van der Waals surface area (Å²) >= 11 is 0. The number of likely N-dealkylation sites (N-methyl/N-ethyl adjacent to an activating group) is 1. The lowest BCUT2D eigenvalue weighted by molar-refractivity contribution is -0.137. The van der Waals surface area contributed by atoms with Gasteiger partial charge in [0, 0.05) is 25.7 Å². The molecule has 15 heteroatoms. The number of ketones is 1. The highest BCUT2D eigenvalue weighted by atomic mass is 16.2. The lowest BCUT2D eigenvalue weighted by Gasteiger charge is -2.32. The van der Waals surface area contributed by atoms with Gasteiger partial charge in [-0.2, -0.15) is 5.21 Å². The fraction of sp³-hybridized carbons (Fsp3) is 0.560. The molecule has 212 valence electrons. The van der Waals surface area contributed by atoms with E-state index in [1.807, 2.05) is 0 Å². The maximum atomic E-state index is 13.1. The van der Waals surface area contributed by atoms with Crippen molar-refractivity contribution in [1.82, 2.24) is 41.1 Å². The van der Waals surface area contributed by atoms with Gasteiger partial charge in [-0.05, 0) is 73.1 Å². The largest absolute Gasteiger partial charge is 0.353 e. The van der Waals surface area contributed by atoms with Crippen LogP contribution in [0.1, 0.15) is 49.1 Å². The van der Waals surface area contributed by atoms with Crippen LogP contribution in [0.2, 0.25) is 0 Å². The zero-order valence-electron chi connectivity index (χ0n) is 21.9. The predicted molar refractivity (Wildman–Crippen MR) is 137 cm³/mol. The van der Waals surface area contributed by atoms with E-state index in [-0.39, 0.29) is 42.8 Å². The highest BCUT2D eigenvalue weighted by Crippen LogP contribution is 2.58. The molecule has 5 N–H and O–H groups in total. The molecule has 4 aliphatic carbocycles. The first-order chi connectivity index (χ1) is 19.2. The van der Waals surface area contributed by atoms with Crippen LogP contribution in [0.5, 0.6) is 0 Å². The molecule has 0 saturated heterocycles. The van der Waals surface area contributed by atoms with E-state index in [9.17, 15) is 28.8 Å². The van der Waals surface area contributed by atoms with Gasteiger partial charge in [-0.15, -0.1) is 10.2 Å². The summed E-state index contributed by atoms with van der Waals surface area (Å²) in [6, 6.07) is 1.72. The van der Waals surface area contributed by atoms with E-state index in [0.29, 0.717) is 17.8 Å². The highest BCUT2D eigenvalue weighted by Gasteiger charge is 2.54. The number of Topliss-reactive ketones (excluding diaryl/α,β-unsaturated/α-hetero) is 1. The van der Waals surface area contributed by atoms with Crippen LogP contribution in [-0.4, -0.2) is 73.7 Å². The van der Waals surface area contributed by atoms with Gasteiger partial charge in [-0.3, -0.25) is 28.8 Å². The molecule has 0 spiro atoms. The van der Waals surface area contributed by atoms with Gasteiger partial charge >= 0.3 is 0 Å². The van der Waals surface area contributed by atoms with Crippen molar-refractivity contribution in [2.75, 3.05) is 12.4 Å². The molecule has 4 amide bonds. The number of aromatic amines is 1. The van der Waals surface area contributed by atoms with Gasteiger partial charge in [0.25, 0.3) is 23.2 Å². The Kier molecular flexibility index (Phi) is 7.71. The summed E-state index contributed by atoms with van der Waals surface area (Å²) in [5.41, 5.74) is -0.722. The van der Waals surface area contributed by atoms with Crippen LogP contribution in [0.3, 0.4) is 0 Å². The lowest BCUT2D eigenvalue weighted by atomic mass is 9.79. The molecule has 2 heterocycles. The Balaban J connectivity index is 1.24. The summed E-state index contributed by atoms with van der Waals surface area (Å²) in [6.45, 7) is -0.203. The molecule has 6 atom stereocenters. The molecule has 15 nitrogen and oxygen atoms in total. The van der Waals surface area contributed by atoms with Crippen molar-refractivity contribution < 1.29 is 24.0 Å². The summed E-state index contributed by atoms with van der Waals surface area (Å²) in [6.07, 6.45) is 5.59. The summed E-state index contributed by atoms with van der Waals surface area (Å²) in [7, 11) is 1.30. The summed E-state index contributed by atoms with van der Waals surface area (Å²) in [4.78, 5) is 75.1. The molecule has 4 aliphatic rings. The third-order valence-electron chi connectivity index (χ3n) is 8.29. The number of pyridine rings is 1. The number of carbonyl (C=O) groups excluding carboxylic acids is 5. The standard InChI is InChI=1S/C25H31N9O6/c1-26-23(38)18(35)5-4-16(27-24(39)21-30-32-33-31-21)22(37)28-17-3-2-6-34(25(17)40)11-19(36)29-20-14-8-12-7-13(10-14)15(20)9-12/h2-3,6,12-16,20H,4-5,7-11H2,1H3,(H,26,38)(H,27,39)(H,28,37)(H,29,36)(H,30,31,32,33)/t12?,13?,14?,15?,16-,20?/m0/s1. The Morgan fingerprint density at radius 2 is 1.93 bits per heavy atom. The number of nitrogens with one attached hydrogen (secondary N) is 5. The monoisotopic (exact) mass is 553 g/mol. The summed E-state index contributed by atoms with van der Waals surface area (Å²) in [5.74, 6) is -1.39. The highest BCUT2D eigenvalue weighted by molar-refractivity contribution is 6.36. The van der Waals surface area contributed by atoms with Gasteiger partial charge in [-0.1, -0.05) is 0 Å². The Hall–Kier alpha value is -4.43. The number of tetrazole rings is 1. The molecular weight excluding hydrogens is 522 g/mol. The van der Waals surface area contributed by atoms with Crippen molar-refractivity contribution in [3.8, 4) is 0 Å². The van der Waals surface area contributed by atoms with Crippen LogP contribution in [-0.2, 0) is 25.7 Å². The molecule has 4 bridgehead atoms. The van der Waals surface area contributed by atoms with Crippen molar-refractivity contribution in [2.45, 2.75) is 57.2 Å². The smallest absolute Gasteiger partial charge is 0.293 e. The van der Waals surface area contributed by atoms with Crippen LogP contribution >= 0.6 is 0 Å². The zero-order valence-corrected chi connectivity index (χ0v) is 21.9. The van der Waals surface area contributed by atoms with Crippen LogP contribution in [0.4, 0.5) is 5.69 Å². The van der Waals surface area contributed by atoms with E-state index >= 15 is 0 Å². The van der Waals surface area contributed by atoms with Crippen molar-refractivity contribution in [1.29, 1.82) is 0 Å². The van der Waals surface area contributed by atoms with E-state index in [0.717, 1.165) is 25.2 Å². The fourth-order valence-corrected chi connectivity index (χ4v) is 6.60. The van der Waals surface area contributed by atoms with Crippen LogP contribution in [0.15, 0.2) is 23.1 Å². The van der Waals surface area contributed by atoms with Crippen molar-refractivity contribution in [2.24, 2.45) is 23.7 Å². The van der Waals surface area contributed by atoms with E-state index in [1.165, 1.54) is 36.4 Å². The molecule has 40 heavy (non-hydrogen) atoms. The van der Waals surface area contributed by atoms with Crippen molar-refractivity contribution in [3.05, 3.63) is 34.5 Å². The average molecular weight is 554 g/mol. The Bertz CT molecular complexity index is 1370. The van der Waals surface area contributed by atoms with Gasteiger partial charge < -0.3 is 25.8 Å². The van der Waals surface area contributed by atoms with Gasteiger partial charge in [0.2, 0.25) is 17.6 Å². The number of H-pyrrole nitrogens is 1. The van der Waals surface area contributed by atoms with E-state index in [1.54, 1.807) is 0 Å². The Labute approximate surface area is 228 Å². The number of hydrogen-bond acceptors (Lipinski definition) is 9. The first-order valence-electron chi connectivity index (χ1n) is 13.3. The van der Waals surface area contributed by atoms with Crippen LogP contribution < -0.4 is 26.8 Å². The minimum atomic E-state index is -1.32. The van der Waals surface area contributed by atoms with Gasteiger partial charge in [0.15, 0.2) is 0 Å². The lowest BCUT2D eigenvalue weighted by Crippen LogP contribution is -2.46. The number of aromatic nitrogens is 5. The van der Waals surface area contributed by atoms with Crippen molar-refractivity contribution in [3.63, 3.8) is 0 Å². The van der Waals surface area contributed by atoms with Crippen LogP contribution in [0, 0.1) is 23.7 Å². The van der Waals surface area contributed by atoms with Crippen LogP contribution in [0.25, 0.3) is 0 Å². The number of hydrogen-bond donors (Lipinski definition) is 5. The molecule has 0 aliphatic heterocycles. The SMILES string of the molecule is CNC(=O)C(=O)CC[C@H](NC(=O)c1nn[nH]n1)C(=O)Nc1cccn(CC(=O)NC2C3CC4CC(C3)C2C4)c1=O. The zero-order chi connectivity index (χ0) is 28.4. The molecule has 0 aromatic carbocycles. The number of rotatable bonds is 11. The quantitative estimate of drug-likeness (QED) is 0.210. The molecule has 6 rings (SSSR count). The summed E-state index contributed by atoms with van der Waals surface area (Å²) < 4.78 is 1.21. The van der Waals surface area contributed by atoms with Gasteiger partial charge in [-0.25, -0.2) is 0 Å². The van der Waals surface area contributed by atoms with E-state index in [4.69, 9.17) is 0 Å². The minimum absolute atomic E-state index is 0.115. The molecule has 2 aromatic heterocycles. The Morgan fingerprint density at radius 1 is 1.12 bits per heavy atom. The maximum Gasteiger partial charge on any atom is 0.293 e. The third kappa shape index (κ3) is 5.62. The first-order valence-corrected chi connectivity index (χ1v) is 13.3. The third-order valence-corrected chi connectivity index (χ3v) is 8.29. The topological polar surface area (TPSA) is 210 Å². The maximum absolute atomic E-state index is 13.1. The average Bonchev–Trinajstić information content (AvgIpc) is 3.63. The van der Waals surface area contributed by atoms with E-state index in [2.05, 4.69) is 41.9 Å². The second-order valence-electron chi connectivity index (χ2n) is 10.7. The number of amides is 4. The second kappa shape index (κ2) is 11.4. The number of nitrogens with zero attached hydrogens (tertiary/aromatic N) is 4. The van der Waals surface area contributed by atoms with Crippen molar-refractivity contribution >= 4 is 35.1 Å². The predicted octanol–water partition coefficient (Wildman–Crippen LogP) is -1.26. The Morgan fingerprint density at radius 3 is 2.65 bits per heavy atom. The molecule has 4 saturated carbocycles. The number of anilines is 1. The van der Waals surface area contributed by atoms with Gasteiger partial charge in [0.05, 0.1) is 0 Å². The molecule has 0 radical (unpaired) electrons. The molecule has 4 fully saturated rings. The number of carbonyl (C=O) groups is 5. The first kappa shape index (κ1) is 27.1. The minimum Gasteiger partial charge on any atom is -0.353 e. The molecule has 2 aromatic rings.